The topological polar surface area (TPSA) is 517 Å². The Hall–Kier alpha value is -9.91. The zero-order valence-corrected chi connectivity index (χ0v) is 59.4. The fourth-order valence-corrected chi connectivity index (χ4v) is 8.68. The van der Waals surface area contributed by atoms with Crippen molar-refractivity contribution in [2.24, 2.45) is 34.5 Å². The molecule has 0 fully saturated rings. The molecule has 0 saturated heterocycles. The van der Waals surface area contributed by atoms with E-state index in [4.69, 9.17) is 51.2 Å². The number of carboxylic acid groups (broad SMARTS) is 4. The lowest BCUT2D eigenvalue weighted by atomic mass is 9.70. The van der Waals surface area contributed by atoms with Gasteiger partial charge in [-0.25, -0.2) is 43.2 Å². The third-order valence-electron chi connectivity index (χ3n) is 14.2. The number of unbranched alkanes of at least 4 members (excludes halogenated alkanes) is 4. The number of hydrogen-bond donors (Lipinski definition) is 16. The molecule has 0 unspecified atom stereocenters. The van der Waals surface area contributed by atoms with Crippen molar-refractivity contribution in [3.63, 3.8) is 0 Å². The van der Waals surface area contributed by atoms with Gasteiger partial charge in [0, 0.05) is 19.6 Å². The van der Waals surface area contributed by atoms with Crippen LogP contribution in [0.25, 0.3) is 0 Å². The van der Waals surface area contributed by atoms with Gasteiger partial charge in [0.1, 0.15) is 54.6 Å². The Morgan fingerprint density at radius 2 is 0.796 bits per heavy atom. The van der Waals surface area contributed by atoms with Crippen LogP contribution in [0.1, 0.15) is 157 Å². The molecular formula is C65H102F6N12O20. The molecule has 0 spiro atoms. The lowest BCUT2D eigenvalue weighted by molar-refractivity contribution is -0.193. The highest BCUT2D eigenvalue weighted by atomic mass is 19.4. The van der Waals surface area contributed by atoms with Gasteiger partial charge in [-0.2, -0.15) is 26.3 Å². The van der Waals surface area contributed by atoms with Gasteiger partial charge in [-0.05, 0) is 133 Å². The number of benzene rings is 2. The number of carbonyl (C=O) groups is 13. The third-order valence-corrected chi connectivity index (χ3v) is 14.2. The number of hydrogen-bond acceptors (Lipinski definition) is 17. The molecule has 11 amide bonds. The summed E-state index contributed by atoms with van der Waals surface area (Å²) < 4.78 is 79.0. The first-order valence-electron chi connectivity index (χ1n) is 32.6. The van der Waals surface area contributed by atoms with Crippen LogP contribution in [0, 0.1) is 17.3 Å². The number of carbonyl (C=O) groups excluding carboxylic acids is 9. The molecule has 0 bridgehead atoms. The van der Waals surface area contributed by atoms with Crippen LogP contribution >= 0.6 is 0 Å². The van der Waals surface area contributed by atoms with Gasteiger partial charge in [-0.1, -0.05) is 109 Å². The molecule has 38 heteroatoms. The first-order valence-corrected chi connectivity index (χ1v) is 32.6. The fourth-order valence-electron chi connectivity index (χ4n) is 8.68. The van der Waals surface area contributed by atoms with Crippen LogP contribution in [0.4, 0.5) is 50.3 Å². The van der Waals surface area contributed by atoms with E-state index in [2.05, 4.69) is 47.9 Å². The monoisotopic (exact) mass is 1480 g/mol. The van der Waals surface area contributed by atoms with Gasteiger partial charge < -0.3 is 99.7 Å². The molecule has 32 nitrogen and oxygen atoms in total. The molecule has 2 aromatic rings. The van der Waals surface area contributed by atoms with E-state index in [0.29, 0.717) is 57.9 Å². The first kappa shape index (κ1) is 95.1. The van der Waals surface area contributed by atoms with Gasteiger partial charge in [0.25, 0.3) is 0 Å². The van der Waals surface area contributed by atoms with Crippen LogP contribution in [-0.2, 0) is 65.8 Å². The zero-order valence-electron chi connectivity index (χ0n) is 59.4. The van der Waals surface area contributed by atoms with Gasteiger partial charge in [-0.3, -0.25) is 19.2 Å². The molecule has 0 aliphatic heterocycles. The number of alkyl carbamates (subject to hydrolysis) is 3. The third kappa shape index (κ3) is 43.5. The van der Waals surface area contributed by atoms with Gasteiger partial charge in [-0.15, -0.1) is 0 Å². The predicted molar refractivity (Wildman–Crippen MR) is 359 cm³/mol. The molecule has 0 aliphatic rings. The maximum absolute atomic E-state index is 13.5. The molecule has 0 heterocycles. The van der Waals surface area contributed by atoms with E-state index in [1.807, 2.05) is 60.7 Å². The fraction of sp³-hybridized carbons (Fsp3) is 0.615. The number of nitrogens with one attached hydrogen (secondary N) is 9. The number of primary amides is 2. The van der Waals surface area contributed by atoms with E-state index in [1.165, 1.54) is 0 Å². The Kier molecular flexibility index (Phi) is 44.4. The number of aliphatic carboxylic acids is 4. The van der Waals surface area contributed by atoms with Crippen LogP contribution in [0.5, 0.6) is 0 Å². The summed E-state index contributed by atoms with van der Waals surface area (Å²) in [5.41, 5.74) is 14.6. The SMILES string of the molecule is CC(C)[C@H](NC(=O)[C@@H](CCCCNC(=O)OCc1ccccc1)NC(=O)N[C@@H](CCCCN)C(=O)O)C(N)=O.CC(C)[C@H](NC(=O)[C@@H](CCCCNC(=O)OCc1ccccc1)NC(=O)N[C@](CCCCNC(=O)OC(C)(C)C)(C(=O)O)C(C)(C)C)C(N)=O.O=C(O)C(F)(F)F.O=C(O)C(F)(F)F. The number of alkyl halides is 6. The van der Waals surface area contributed by atoms with Crippen molar-refractivity contribution in [3.05, 3.63) is 71.8 Å². The summed E-state index contributed by atoms with van der Waals surface area (Å²) in [7, 11) is 0. The molecule has 0 aromatic heterocycles. The first-order chi connectivity index (χ1) is 47.6. The second-order valence-electron chi connectivity index (χ2n) is 25.7. The molecule has 584 valence electrons. The summed E-state index contributed by atoms with van der Waals surface area (Å²) in [5, 5.41) is 57.2. The average Bonchev–Trinajstić information content (AvgIpc) is 0.782. The Labute approximate surface area is 592 Å². The number of urea groups is 2. The van der Waals surface area contributed by atoms with E-state index in [0.717, 1.165) is 11.1 Å². The lowest BCUT2D eigenvalue weighted by Gasteiger charge is -2.42. The van der Waals surface area contributed by atoms with Crippen molar-refractivity contribution in [1.29, 1.82) is 0 Å². The van der Waals surface area contributed by atoms with Crippen molar-refractivity contribution in [2.75, 3.05) is 26.2 Å². The van der Waals surface area contributed by atoms with Crippen LogP contribution in [0.15, 0.2) is 60.7 Å². The molecule has 103 heavy (non-hydrogen) atoms. The number of carboxylic acids is 4. The largest absolute Gasteiger partial charge is 0.490 e. The van der Waals surface area contributed by atoms with Crippen molar-refractivity contribution in [2.45, 2.75) is 213 Å². The summed E-state index contributed by atoms with van der Waals surface area (Å²) in [5.74, 6) is -11.4. The Balaban J connectivity index is 0. The lowest BCUT2D eigenvalue weighted by Crippen LogP contribution is -2.65. The molecule has 0 radical (unpaired) electrons. The highest BCUT2D eigenvalue weighted by molar-refractivity contribution is 5.94. The van der Waals surface area contributed by atoms with Crippen LogP contribution < -0.4 is 65.1 Å². The summed E-state index contributed by atoms with van der Waals surface area (Å²) in [6.45, 7) is 18.5. The minimum Gasteiger partial charge on any atom is -0.480 e. The van der Waals surface area contributed by atoms with E-state index in [9.17, 15) is 89.3 Å². The van der Waals surface area contributed by atoms with E-state index in [1.54, 1.807) is 69.2 Å². The van der Waals surface area contributed by atoms with Crippen LogP contribution in [0.2, 0.25) is 0 Å². The van der Waals surface area contributed by atoms with Crippen molar-refractivity contribution in [3.8, 4) is 0 Å². The maximum atomic E-state index is 13.5. The van der Waals surface area contributed by atoms with Gasteiger partial charge in [0.2, 0.25) is 23.6 Å². The normalized spacial score (nSPS) is 13.2. The van der Waals surface area contributed by atoms with Gasteiger partial charge >= 0.3 is 66.6 Å². The van der Waals surface area contributed by atoms with Crippen LogP contribution in [-0.4, -0.2) is 178 Å². The summed E-state index contributed by atoms with van der Waals surface area (Å²) in [4.78, 5) is 154. The van der Waals surface area contributed by atoms with Gasteiger partial charge in [0.05, 0.1) is 0 Å². The van der Waals surface area contributed by atoms with Gasteiger partial charge in [0.15, 0.2) is 0 Å². The standard InChI is InChI=1S/C35H58N6O9.C26H42N6O7.2C2HF3O2/c1-23(2)26(27(36)42)40-28(43)25(18-12-14-20-37-31(47)49-22-24-16-10-9-11-17-24)39-30(46)41-35(29(44)45,33(3,4)5)19-13-15-21-38-32(48)50-34(6,7)8;1-17(2)21(22(28)33)32-23(34)19(30-25(37)31-20(24(35)36)13-6-8-14-27)12-7-9-15-29-26(38)39-16-18-10-4-3-5-11-18;2*3-2(4,5)1(6)7/h9-11,16-17,23,25-26H,12-15,18-22H2,1-8H3,(H2,36,42)(H,37,47)(H,38,48)(H,40,43)(H,44,45)(H2,39,41,46);3-5,10-11,17,19-21H,6-9,12-16,27H2,1-2H3,(H2,28,33)(H,29,38)(H,32,34)(H,35,36)(H2,30,31,37);2*(H,6,7)/t25-,26+,35-;19-,20+,21+;;/m11../s1. The average molecular weight is 1490 g/mol. The molecule has 2 aromatic carbocycles. The zero-order chi connectivity index (χ0) is 79.5. The Morgan fingerprint density at radius 3 is 1.12 bits per heavy atom. The predicted octanol–water partition coefficient (Wildman–Crippen LogP) is 6.17. The van der Waals surface area contributed by atoms with E-state index < -0.39 is 137 Å². The maximum Gasteiger partial charge on any atom is 0.490 e. The molecule has 2 rings (SSSR count). The summed E-state index contributed by atoms with van der Waals surface area (Å²) in [6.07, 6.45) is -7.93. The summed E-state index contributed by atoms with van der Waals surface area (Å²) in [6, 6.07) is 11.3. The Bertz CT molecular complexity index is 2970. The number of amides is 11. The molecule has 6 atom stereocenters. The number of rotatable bonds is 37. The quantitative estimate of drug-likeness (QED) is 0.0204. The Morgan fingerprint density at radius 1 is 0.456 bits per heavy atom. The highest BCUT2D eigenvalue weighted by Gasteiger charge is 2.50. The van der Waals surface area contributed by atoms with Crippen molar-refractivity contribution >= 4 is 77.8 Å². The van der Waals surface area contributed by atoms with Crippen molar-refractivity contribution in [1.82, 2.24) is 47.9 Å². The van der Waals surface area contributed by atoms with Crippen LogP contribution in [0.3, 0.4) is 0 Å². The van der Waals surface area contributed by atoms with E-state index in [-0.39, 0.29) is 70.4 Å². The van der Waals surface area contributed by atoms with Crippen molar-refractivity contribution < 1.29 is 123 Å². The van der Waals surface area contributed by atoms with E-state index >= 15 is 0 Å². The minimum absolute atomic E-state index is 0.0231. The molecule has 19 N–H and O–H groups in total. The number of nitrogens with two attached hydrogens (primary N) is 3. The number of halogens is 6. The minimum atomic E-state index is -5.08. The second-order valence-corrected chi connectivity index (χ2v) is 25.7. The summed E-state index contributed by atoms with van der Waals surface area (Å²) >= 11 is 0. The second kappa shape index (κ2) is 48.1. The highest BCUT2D eigenvalue weighted by Crippen LogP contribution is 2.35. The smallest absolute Gasteiger partial charge is 0.480 e. The molecular weight excluding hydrogens is 1380 g/mol. The molecule has 0 saturated carbocycles. The molecule has 0 aliphatic carbocycles. The number of ether oxygens (including phenoxy) is 3.